The molecule has 150 valence electrons. The molecule has 0 spiro atoms. The standard InChI is InChI=1S/C20H21N5O3S/c1-25(12-18(26)22-11-14-7-9-21-10-8-14)19(27)17-13-29-20(24-17)23-15-3-5-16(28-2)6-4-15/h3-10,13H,11-12H2,1-2H3,(H,22,26)(H,23,24). The third-order valence-corrected chi connectivity index (χ3v) is 4.79. The summed E-state index contributed by atoms with van der Waals surface area (Å²) in [5.74, 6) is 0.196. The lowest BCUT2D eigenvalue weighted by Crippen LogP contribution is -2.38. The number of likely N-dealkylation sites (N-methyl/N-ethyl adjacent to an activating group) is 1. The highest BCUT2D eigenvalue weighted by atomic mass is 32.1. The lowest BCUT2D eigenvalue weighted by molar-refractivity contribution is -0.121. The van der Waals surface area contributed by atoms with Crippen molar-refractivity contribution in [1.29, 1.82) is 0 Å². The minimum atomic E-state index is -0.317. The smallest absolute Gasteiger partial charge is 0.273 e. The Morgan fingerprint density at radius 2 is 1.86 bits per heavy atom. The van der Waals surface area contributed by atoms with Gasteiger partial charge in [0.2, 0.25) is 5.91 Å². The zero-order valence-electron chi connectivity index (χ0n) is 16.1. The topological polar surface area (TPSA) is 96.5 Å². The summed E-state index contributed by atoms with van der Waals surface area (Å²) < 4.78 is 5.13. The molecule has 0 aliphatic carbocycles. The van der Waals surface area contributed by atoms with E-state index in [0.29, 0.717) is 11.7 Å². The molecule has 0 fully saturated rings. The van der Waals surface area contributed by atoms with Crippen LogP contribution in [0.5, 0.6) is 5.75 Å². The number of hydrogen-bond donors (Lipinski definition) is 2. The van der Waals surface area contributed by atoms with Gasteiger partial charge >= 0.3 is 0 Å². The highest BCUT2D eigenvalue weighted by Crippen LogP contribution is 2.23. The van der Waals surface area contributed by atoms with Crippen molar-refractivity contribution in [2.24, 2.45) is 0 Å². The van der Waals surface area contributed by atoms with Crippen LogP contribution in [0.2, 0.25) is 0 Å². The zero-order chi connectivity index (χ0) is 20.6. The van der Waals surface area contributed by atoms with E-state index in [0.717, 1.165) is 17.0 Å². The normalized spacial score (nSPS) is 10.3. The fraction of sp³-hybridized carbons (Fsp3) is 0.200. The van der Waals surface area contributed by atoms with E-state index in [1.807, 2.05) is 36.4 Å². The van der Waals surface area contributed by atoms with Gasteiger partial charge in [-0.25, -0.2) is 4.98 Å². The number of amides is 2. The maximum absolute atomic E-state index is 12.5. The Balaban J connectivity index is 1.52. The first-order valence-corrected chi connectivity index (χ1v) is 9.71. The quantitative estimate of drug-likeness (QED) is 0.592. The Morgan fingerprint density at radius 3 is 2.55 bits per heavy atom. The van der Waals surface area contributed by atoms with Crippen LogP contribution >= 0.6 is 11.3 Å². The number of carbonyl (C=O) groups is 2. The van der Waals surface area contributed by atoms with Gasteiger partial charge in [-0.05, 0) is 42.0 Å². The number of benzene rings is 1. The van der Waals surface area contributed by atoms with Crippen LogP contribution in [0.4, 0.5) is 10.8 Å². The second-order valence-electron chi connectivity index (χ2n) is 6.18. The van der Waals surface area contributed by atoms with Crippen molar-refractivity contribution < 1.29 is 14.3 Å². The summed E-state index contributed by atoms with van der Waals surface area (Å²) >= 11 is 1.32. The van der Waals surface area contributed by atoms with Gasteiger partial charge in [-0.1, -0.05) is 0 Å². The van der Waals surface area contributed by atoms with Crippen LogP contribution < -0.4 is 15.4 Å². The second kappa shape index (κ2) is 9.65. The number of pyridine rings is 1. The molecule has 2 amide bonds. The van der Waals surface area contributed by atoms with Crippen molar-refractivity contribution in [3.63, 3.8) is 0 Å². The lowest BCUT2D eigenvalue weighted by Gasteiger charge is -2.15. The van der Waals surface area contributed by atoms with Crippen molar-refractivity contribution in [2.45, 2.75) is 6.54 Å². The van der Waals surface area contributed by atoms with Gasteiger partial charge in [-0.15, -0.1) is 11.3 Å². The van der Waals surface area contributed by atoms with E-state index in [1.165, 1.54) is 16.2 Å². The molecular formula is C20H21N5O3S. The number of thiazole rings is 1. The average molecular weight is 411 g/mol. The first-order chi connectivity index (χ1) is 14.0. The molecule has 29 heavy (non-hydrogen) atoms. The fourth-order valence-electron chi connectivity index (χ4n) is 2.47. The van der Waals surface area contributed by atoms with Crippen molar-refractivity contribution in [3.8, 4) is 5.75 Å². The van der Waals surface area contributed by atoms with Gasteiger partial charge in [-0.2, -0.15) is 0 Å². The molecule has 0 saturated heterocycles. The van der Waals surface area contributed by atoms with Crippen LogP contribution in [0.25, 0.3) is 0 Å². The van der Waals surface area contributed by atoms with Crippen molar-refractivity contribution in [2.75, 3.05) is 26.0 Å². The highest BCUT2D eigenvalue weighted by molar-refractivity contribution is 7.14. The molecule has 0 aliphatic heterocycles. The maximum Gasteiger partial charge on any atom is 0.273 e. The second-order valence-corrected chi connectivity index (χ2v) is 7.04. The van der Waals surface area contributed by atoms with Gasteiger partial charge < -0.3 is 20.3 Å². The first-order valence-electron chi connectivity index (χ1n) is 8.83. The molecule has 3 aromatic rings. The minimum absolute atomic E-state index is 0.0529. The Labute approximate surface area is 172 Å². The van der Waals surface area contributed by atoms with Gasteiger partial charge in [0.25, 0.3) is 5.91 Å². The molecule has 1 aromatic carbocycles. The number of nitrogens with one attached hydrogen (secondary N) is 2. The van der Waals surface area contributed by atoms with Gasteiger partial charge in [0.15, 0.2) is 5.13 Å². The third kappa shape index (κ3) is 5.76. The van der Waals surface area contributed by atoms with E-state index in [4.69, 9.17) is 4.74 Å². The molecule has 0 saturated carbocycles. The number of nitrogens with zero attached hydrogens (tertiary/aromatic N) is 3. The third-order valence-electron chi connectivity index (χ3n) is 4.03. The van der Waals surface area contributed by atoms with E-state index in [1.54, 1.807) is 31.9 Å². The number of carbonyl (C=O) groups excluding carboxylic acids is 2. The number of aromatic nitrogens is 2. The monoisotopic (exact) mass is 411 g/mol. The van der Waals surface area contributed by atoms with Crippen LogP contribution in [-0.4, -0.2) is 47.4 Å². The van der Waals surface area contributed by atoms with Crippen LogP contribution in [0.15, 0.2) is 54.2 Å². The first kappa shape index (κ1) is 20.3. The molecule has 0 atom stereocenters. The highest BCUT2D eigenvalue weighted by Gasteiger charge is 2.18. The van der Waals surface area contributed by atoms with Gasteiger partial charge in [0.1, 0.15) is 11.4 Å². The number of ether oxygens (including phenoxy) is 1. The van der Waals surface area contributed by atoms with E-state index in [-0.39, 0.29) is 24.1 Å². The number of methoxy groups -OCH3 is 1. The van der Waals surface area contributed by atoms with E-state index in [2.05, 4.69) is 20.6 Å². The molecule has 3 rings (SSSR count). The largest absolute Gasteiger partial charge is 0.497 e. The summed E-state index contributed by atoms with van der Waals surface area (Å²) in [5.41, 5.74) is 2.06. The maximum atomic E-state index is 12.5. The molecule has 2 heterocycles. The number of anilines is 2. The molecule has 0 radical (unpaired) electrons. The van der Waals surface area contributed by atoms with Crippen LogP contribution in [0.1, 0.15) is 16.1 Å². The summed E-state index contributed by atoms with van der Waals surface area (Å²) in [4.78, 5) is 34.2. The van der Waals surface area contributed by atoms with Crippen molar-refractivity contribution >= 4 is 34.0 Å². The molecular weight excluding hydrogens is 390 g/mol. The SMILES string of the molecule is COc1ccc(Nc2nc(C(=O)N(C)CC(=O)NCc3ccncc3)cs2)cc1. The van der Waals surface area contributed by atoms with Crippen molar-refractivity contribution in [3.05, 3.63) is 65.4 Å². The number of rotatable bonds is 8. The molecule has 0 unspecified atom stereocenters. The fourth-order valence-corrected chi connectivity index (χ4v) is 3.17. The predicted octanol–water partition coefficient (Wildman–Crippen LogP) is 2.68. The Kier molecular flexibility index (Phi) is 6.75. The summed E-state index contributed by atoms with van der Waals surface area (Å²) in [6.07, 6.45) is 3.33. The zero-order valence-corrected chi connectivity index (χ0v) is 16.9. The summed E-state index contributed by atoms with van der Waals surface area (Å²) in [6, 6.07) is 11.0. The summed E-state index contributed by atoms with van der Waals surface area (Å²) in [5, 5.41) is 8.19. The van der Waals surface area contributed by atoms with E-state index < -0.39 is 0 Å². The Morgan fingerprint density at radius 1 is 1.14 bits per heavy atom. The van der Waals surface area contributed by atoms with Gasteiger partial charge in [-0.3, -0.25) is 14.6 Å². The summed E-state index contributed by atoms with van der Waals surface area (Å²) in [6.45, 7) is 0.332. The molecule has 0 bridgehead atoms. The lowest BCUT2D eigenvalue weighted by atomic mass is 10.3. The molecule has 9 heteroatoms. The Bertz CT molecular complexity index is 960. The molecule has 2 aromatic heterocycles. The van der Waals surface area contributed by atoms with E-state index in [9.17, 15) is 9.59 Å². The van der Waals surface area contributed by atoms with Crippen LogP contribution in [-0.2, 0) is 11.3 Å². The van der Waals surface area contributed by atoms with Gasteiger partial charge in [0.05, 0.1) is 13.7 Å². The summed E-state index contributed by atoms with van der Waals surface area (Å²) in [7, 11) is 3.18. The minimum Gasteiger partial charge on any atom is -0.497 e. The molecule has 8 nitrogen and oxygen atoms in total. The van der Waals surface area contributed by atoms with E-state index >= 15 is 0 Å². The van der Waals surface area contributed by atoms with Gasteiger partial charge in [0, 0.05) is 37.1 Å². The van der Waals surface area contributed by atoms with Crippen LogP contribution in [0.3, 0.4) is 0 Å². The predicted molar refractivity (Wildman–Crippen MR) is 111 cm³/mol. The molecule has 2 N–H and O–H groups in total. The molecule has 0 aliphatic rings. The Hall–Kier alpha value is -3.46. The van der Waals surface area contributed by atoms with Crippen molar-refractivity contribution in [1.82, 2.24) is 20.2 Å². The number of hydrogen-bond acceptors (Lipinski definition) is 7. The van der Waals surface area contributed by atoms with Crippen LogP contribution in [0, 0.1) is 0 Å². The average Bonchev–Trinajstić information content (AvgIpc) is 3.21.